The maximum absolute atomic E-state index is 13.5. The fourth-order valence-electron chi connectivity index (χ4n) is 4.76. The number of ether oxygens (including phenoxy) is 1. The summed E-state index contributed by atoms with van der Waals surface area (Å²) in [6.45, 7) is 12.7. The molecule has 1 fully saturated rings. The summed E-state index contributed by atoms with van der Waals surface area (Å²) in [6.07, 6.45) is 3.45. The first-order valence-corrected chi connectivity index (χ1v) is 12.4. The van der Waals surface area contributed by atoms with E-state index in [1.807, 2.05) is 32.3 Å². The molecule has 0 spiro atoms. The summed E-state index contributed by atoms with van der Waals surface area (Å²) in [4.78, 5) is 19.5. The summed E-state index contributed by atoms with van der Waals surface area (Å²) in [7, 11) is 4.01. The van der Waals surface area contributed by atoms with Crippen LogP contribution in [0.2, 0.25) is 0 Å². The molecule has 0 aliphatic carbocycles. The second-order valence-corrected chi connectivity index (χ2v) is 9.78. The van der Waals surface area contributed by atoms with Crippen LogP contribution in [0.15, 0.2) is 49.2 Å². The van der Waals surface area contributed by atoms with Gasteiger partial charge in [0.25, 0.3) is 5.91 Å². The van der Waals surface area contributed by atoms with Crippen LogP contribution in [0.1, 0.15) is 46.3 Å². The Morgan fingerprint density at radius 1 is 1.06 bits per heavy atom. The predicted molar refractivity (Wildman–Crippen MR) is 144 cm³/mol. The van der Waals surface area contributed by atoms with Crippen LogP contribution in [0.25, 0.3) is 5.57 Å². The van der Waals surface area contributed by atoms with E-state index >= 15 is 0 Å². The van der Waals surface area contributed by atoms with Gasteiger partial charge in [0, 0.05) is 50.1 Å². The van der Waals surface area contributed by atoms with E-state index in [0.717, 1.165) is 55.0 Å². The number of phenols is 1. The van der Waals surface area contributed by atoms with Crippen molar-refractivity contribution >= 4 is 17.2 Å². The highest BCUT2D eigenvalue weighted by molar-refractivity contribution is 6.00. The van der Waals surface area contributed by atoms with Gasteiger partial charge in [-0.1, -0.05) is 19.2 Å². The summed E-state index contributed by atoms with van der Waals surface area (Å²) in [5, 5.41) is 10.7. The van der Waals surface area contributed by atoms with Gasteiger partial charge in [-0.2, -0.15) is 0 Å². The molecule has 2 aromatic rings. The summed E-state index contributed by atoms with van der Waals surface area (Å²) in [5.41, 5.74) is 7.62. The van der Waals surface area contributed by atoms with Crippen molar-refractivity contribution < 1.29 is 14.6 Å². The minimum Gasteiger partial charge on any atom is -0.507 e. The molecule has 0 bridgehead atoms. The van der Waals surface area contributed by atoms with E-state index in [4.69, 9.17) is 10.6 Å². The highest BCUT2D eigenvalue weighted by Crippen LogP contribution is 2.36. The third-order valence-corrected chi connectivity index (χ3v) is 6.93. The number of nitrogens with two attached hydrogens (primary N) is 1. The number of rotatable bonds is 9. The van der Waals surface area contributed by atoms with E-state index in [9.17, 15) is 9.90 Å². The number of anilines is 1. The van der Waals surface area contributed by atoms with Gasteiger partial charge in [0.2, 0.25) is 0 Å². The summed E-state index contributed by atoms with van der Waals surface area (Å²) in [6, 6.07) is 9.09. The lowest BCUT2D eigenvalue weighted by Gasteiger charge is -2.32. The van der Waals surface area contributed by atoms with E-state index in [2.05, 4.69) is 28.4 Å². The Hall–Kier alpha value is -3.49. The molecule has 2 aliphatic rings. The number of phenolic OH excluding ortho intramolecular Hbond substituents is 1. The molecule has 1 amide bonds. The van der Waals surface area contributed by atoms with Crippen LogP contribution < -0.4 is 16.0 Å². The molecule has 0 saturated carbocycles. The molecule has 1 saturated heterocycles. The largest absolute Gasteiger partial charge is 0.507 e. The number of allylic oxidation sites excluding steroid dienone is 1. The van der Waals surface area contributed by atoms with Crippen LogP contribution in [-0.4, -0.2) is 66.0 Å². The number of fused-ring (bicyclic) bond motifs is 1. The minimum absolute atomic E-state index is 0.128. The predicted octanol–water partition coefficient (Wildman–Crippen LogP) is 3.79. The molecule has 8 nitrogen and oxygen atoms in total. The lowest BCUT2D eigenvalue weighted by molar-refractivity contribution is 0.0748. The number of hydrazine groups is 1. The zero-order valence-electron chi connectivity index (χ0n) is 21.3. The van der Waals surface area contributed by atoms with E-state index in [1.54, 1.807) is 11.0 Å². The number of nitrogen functional groups attached to an aromatic ring is 1. The van der Waals surface area contributed by atoms with E-state index in [1.165, 1.54) is 12.5 Å². The number of carbonyl (C=O) groups is 1. The van der Waals surface area contributed by atoms with Crippen LogP contribution in [0.5, 0.6) is 11.5 Å². The lowest BCUT2D eigenvalue weighted by atomic mass is 9.97. The standard InChI is InChI=1S/C28H37N5O3/c1-19(20(2)32-10-6-5-7-11-32)24-15-25(27(34)16-26(24)30-29)28(35)33-17-21-8-9-23(14-22(21)18-33)36-13-12-31(3)4/h8-9,14-16,30,34H,1-2,5-7,10-13,17-18,29H2,3-4H3. The molecule has 2 aromatic carbocycles. The zero-order chi connectivity index (χ0) is 25.8. The van der Waals surface area contributed by atoms with Crippen molar-refractivity contribution in [2.75, 3.05) is 45.8 Å². The Balaban J connectivity index is 1.52. The number of benzene rings is 2. The average molecular weight is 492 g/mol. The molecular weight excluding hydrogens is 454 g/mol. The summed E-state index contributed by atoms with van der Waals surface area (Å²) < 4.78 is 5.86. The topological polar surface area (TPSA) is 94.3 Å². The normalized spacial score (nSPS) is 15.1. The molecule has 36 heavy (non-hydrogen) atoms. The molecule has 192 valence electrons. The number of carbonyl (C=O) groups excluding carboxylic acids is 1. The molecule has 0 radical (unpaired) electrons. The molecule has 2 heterocycles. The molecular formula is C28H37N5O3. The van der Waals surface area contributed by atoms with Crippen LogP contribution >= 0.6 is 0 Å². The zero-order valence-corrected chi connectivity index (χ0v) is 21.3. The lowest BCUT2D eigenvalue weighted by Crippen LogP contribution is -2.29. The average Bonchev–Trinajstić information content (AvgIpc) is 3.31. The Labute approximate surface area is 213 Å². The fourth-order valence-corrected chi connectivity index (χ4v) is 4.76. The number of nitrogens with one attached hydrogen (secondary N) is 1. The number of nitrogens with zero attached hydrogens (tertiary/aromatic N) is 3. The Morgan fingerprint density at radius 2 is 1.78 bits per heavy atom. The maximum atomic E-state index is 13.5. The fraction of sp³-hybridized carbons (Fsp3) is 0.393. The van der Waals surface area contributed by atoms with Gasteiger partial charge in [-0.3, -0.25) is 10.6 Å². The van der Waals surface area contributed by atoms with Crippen molar-refractivity contribution in [2.45, 2.75) is 32.4 Å². The van der Waals surface area contributed by atoms with Crippen molar-refractivity contribution in [3.05, 3.63) is 71.4 Å². The number of amides is 1. The van der Waals surface area contributed by atoms with Gasteiger partial charge in [0.05, 0.1) is 11.3 Å². The van der Waals surface area contributed by atoms with Crippen LogP contribution in [-0.2, 0) is 13.1 Å². The van der Waals surface area contributed by atoms with Crippen molar-refractivity contribution in [3.63, 3.8) is 0 Å². The van der Waals surface area contributed by atoms with Crippen LogP contribution in [0.4, 0.5) is 5.69 Å². The van der Waals surface area contributed by atoms with E-state index < -0.39 is 0 Å². The molecule has 8 heteroatoms. The van der Waals surface area contributed by atoms with Crippen molar-refractivity contribution in [1.29, 1.82) is 0 Å². The van der Waals surface area contributed by atoms with E-state index in [-0.39, 0.29) is 17.2 Å². The molecule has 2 aliphatic heterocycles. The summed E-state index contributed by atoms with van der Waals surface area (Å²) >= 11 is 0. The van der Waals surface area contributed by atoms with Gasteiger partial charge in [-0.15, -0.1) is 0 Å². The van der Waals surface area contributed by atoms with Gasteiger partial charge in [0.1, 0.15) is 18.1 Å². The Kier molecular flexibility index (Phi) is 7.86. The number of hydrogen-bond acceptors (Lipinski definition) is 7. The van der Waals surface area contributed by atoms with Gasteiger partial charge in [-0.25, -0.2) is 0 Å². The van der Waals surface area contributed by atoms with Gasteiger partial charge < -0.3 is 30.0 Å². The molecule has 4 N–H and O–H groups in total. The van der Waals surface area contributed by atoms with Gasteiger partial charge in [-0.05, 0) is 68.3 Å². The van der Waals surface area contributed by atoms with Gasteiger partial charge >= 0.3 is 0 Å². The number of likely N-dealkylation sites (tertiary alicyclic amines) is 1. The first-order chi connectivity index (χ1) is 17.3. The van der Waals surface area contributed by atoms with E-state index in [0.29, 0.717) is 36.5 Å². The number of hydrogen-bond donors (Lipinski definition) is 3. The SMILES string of the molecule is C=C(C(=C)N1CCCCC1)c1cc(C(=O)N2Cc3ccc(OCCN(C)C)cc3C2)c(O)cc1NN. The third-order valence-electron chi connectivity index (χ3n) is 6.93. The molecule has 0 unspecified atom stereocenters. The monoisotopic (exact) mass is 491 g/mol. The second-order valence-electron chi connectivity index (χ2n) is 9.78. The number of piperidine rings is 1. The number of likely N-dealkylation sites (N-methyl/N-ethyl adjacent to an activating group) is 1. The molecule has 0 aromatic heterocycles. The smallest absolute Gasteiger partial charge is 0.258 e. The quantitative estimate of drug-likeness (QED) is 0.279. The molecule has 0 atom stereocenters. The maximum Gasteiger partial charge on any atom is 0.258 e. The third kappa shape index (κ3) is 5.50. The Bertz CT molecular complexity index is 1150. The highest BCUT2D eigenvalue weighted by Gasteiger charge is 2.28. The first kappa shape index (κ1) is 25.6. The molecule has 4 rings (SSSR count). The van der Waals surface area contributed by atoms with Crippen LogP contribution in [0, 0.1) is 0 Å². The van der Waals surface area contributed by atoms with Crippen molar-refractivity contribution in [3.8, 4) is 11.5 Å². The van der Waals surface area contributed by atoms with Crippen LogP contribution in [0.3, 0.4) is 0 Å². The van der Waals surface area contributed by atoms with Crippen molar-refractivity contribution in [2.24, 2.45) is 5.84 Å². The van der Waals surface area contributed by atoms with Crippen molar-refractivity contribution in [1.82, 2.24) is 14.7 Å². The number of aromatic hydroxyl groups is 1. The first-order valence-electron chi connectivity index (χ1n) is 12.4. The Morgan fingerprint density at radius 3 is 2.47 bits per heavy atom. The summed E-state index contributed by atoms with van der Waals surface area (Å²) in [5.74, 6) is 6.17. The van der Waals surface area contributed by atoms with Gasteiger partial charge in [0.15, 0.2) is 0 Å². The second kappa shape index (κ2) is 11.1. The highest BCUT2D eigenvalue weighted by atomic mass is 16.5. The minimum atomic E-state index is -0.250.